The summed E-state index contributed by atoms with van der Waals surface area (Å²) in [5, 5.41) is 6.60. The molecular weight excluding hydrogens is 538 g/mol. The topological polar surface area (TPSA) is 83.6 Å². The molecule has 7 nitrogen and oxygen atoms in total. The Hall–Kier alpha value is -3.40. The molecule has 2 saturated heterocycles. The van der Waals surface area contributed by atoms with Gasteiger partial charge in [-0.3, -0.25) is 9.78 Å². The molecule has 2 unspecified atom stereocenters. The Bertz CT molecular complexity index is 1390. The molecule has 4 atom stereocenters. The number of benzene rings is 2. The van der Waals surface area contributed by atoms with Crippen LogP contribution in [0.3, 0.4) is 0 Å². The van der Waals surface area contributed by atoms with Crippen molar-refractivity contribution in [2.24, 2.45) is 5.92 Å². The average Bonchev–Trinajstić information content (AvgIpc) is 3.37. The van der Waals surface area contributed by atoms with E-state index in [-0.39, 0.29) is 28.5 Å². The highest BCUT2D eigenvalue weighted by molar-refractivity contribution is 6.31. The zero-order chi connectivity index (χ0) is 28.4. The number of hydrogen-bond donors (Lipinski definition) is 2. The number of Topliss-reactive ketones (excluding diaryl/α,β-unsaturated/α-hetero) is 1. The highest BCUT2D eigenvalue weighted by Gasteiger charge is 2.47. The minimum atomic E-state index is -0.833. The zero-order valence-corrected chi connectivity index (χ0v) is 23.1. The second kappa shape index (κ2) is 11.6. The van der Waals surface area contributed by atoms with Gasteiger partial charge in [-0.15, -0.1) is 0 Å². The summed E-state index contributed by atoms with van der Waals surface area (Å²) in [6.45, 7) is 3.34. The highest BCUT2D eigenvalue weighted by Crippen LogP contribution is 2.40. The van der Waals surface area contributed by atoms with Crippen molar-refractivity contribution in [3.05, 3.63) is 94.3 Å². The Labute approximate surface area is 236 Å². The summed E-state index contributed by atoms with van der Waals surface area (Å²) in [7, 11) is 1.60. The van der Waals surface area contributed by atoms with E-state index >= 15 is 0 Å². The Balaban J connectivity index is 1.43. The summed E-state index contributed by atoms with van der Waals surface area (Å²) >= 11 is 6.22. The first-order valence-corrected chi connectivity index (χ1v) is 13.6. The van der Waals surface area contributed by atoms with E-state index in [1.807, 2.05) is 25.1 Å². The van der Waals surface area contributed by atoms with Gasteiger partial charge in [-0.25, -0.2) is 13.6 Å². The van der Waals surface area contributed by atoms with Crippen LogP contribution in [0, 0.1) is 17.6 Å². The van der Waals surface area contributed by atoms with Gasteiger partial charge < -0.3 is 20.3 Å². The Morgan fingerprint density at radius 1 is 1.15 bits per heavy atom. The number of nitrogens with zero attached hydrogens (tertiary/aromatic N) is 2. The third kappa shape index (κ3) is 5.59. The van der Waals surface area contributed by atoms with Crippen LogP contribution in [-0.4, -0.2) is 54.5 Å². The number of likely N-dealkylation sites (N-methyl/N-ethyl adjacent to an activating group) is 1. The number of aromatic nitrogens is 1. The van der Waals surface area contributed by atoms with E-state index in [1.54, 1.807) is 13.2 Å². The van der Waals surface area contributed by atoms with Gasteiger partial charge in [0.2, 0.25) is 0 Å². The smallest absolute Gasteiger partial charge is 0.410 e. The standard InChI is InChI=1S/C30H31ClF2N4O3/c1-30(17-34-16-27(30)37(2)29(39)40-20-8-6-19(32)7-9-20)22-15-24(33)23(31)14-21(22)28(38)18-10-12-36-26(13-18)25-5-3-4-11-35-25/h3-9,11,14-15,18,26-27,34,36H,10,12-13,16-17H2,1-2H3/t18?,26?,27-,30+/m1/s1. The lowest BCUT2D eigenvalue weighted by Gasteiger charge is -2.38. The van der Waals surface area contributed by atoms with Crippen LogP contribution in [0.25, 0.3) is 0 Å². The number of ether oxygens (including phenoxy) is 1. The van der Waals surface area contributed by atoms with Crippen molar-refractivity contribution in [1.82, 2.24) is 20.5 Å². The Morgan fingerprint density at radius 2 is 1.93 bits per heavy atom. The van der Waals surface area contributed by atoms with Crippen molar-refractivity contribution < 1.29 is 23.1 Å². The molecule has 0 saturated carbocycles. The molecule has 1 amide bonds. The van der Waals surface area contributed by atoms with Gasteiger partial charge in [0.1, 0.15) is 17.4 Å². The maximum absolute atomic E-state index is 15.0. The first-order chi connectivity index (χ1) is 19.2. The molecule has 210 valence electrons. The fourth-order valence-electron chi connectivity index (χ4n) is 5.86. The number of nitrogens with one attached hydrogen (secondary N) is 2. The molecule has 10 heteroatoms. The number of carbonyl (C=O) groups is 2. The lowest BCUT2D eigenvalue weighted by Crippen LogP contribution is -2.50. The molecule has 3 heterocycles. The van der Waals surface area contributed by atoms with Gasteiger partial charge in [0.05, 0.1) is 22.8 Å². The number of halogens is 3. The molecule has 40 heavy (non-hydrogen) atoms. The predicted octanol–water partition coefficient (Wildman–Crippen LogP) is 5.30. The number of carbonyl (C=O) groups excluding carboxylic acids is 2. The number of ketones is 1. The third-order valence-electron chi connectivity index (χ3n) is 8.10. The molecule has 2 fully saturated rings. The van der Waals surface area contributed by atoms with Crippen LogP contribution in [0.2, 0.25) is 5.02 Å². The van der Waals surface area contributed by atoms with Crippen LogP contribution in [0.1, 0.15) is 47.4 Å². The molecule has 2 aliphatic rings. The number of hydrogen-bond acceptors (Lipinski definition) is 6. The lowest BCUT2D eigenvalue weighted by atomic mass is 9.73. The van der Waals surface area contributed by atoms with Gasteiger partial charge in [-0.05, 0) is 73.5 Å². The van der Waals surface area contributed by atoms with Gasteiger partial charge in [0.15, 0.2) is 5.78 Å². The third-order valence-corrected chi connectivity index (χ3v) is 8.39. The minimum absolute atomic E-state index is 0.0767. The van der Waals surface area contributed by atoms with Crippen LogP contribution in [-0.2, 0) is 5.41 Å². The molecular formula is C30H31ClF2N4O3. The molecule has 2 aliphatic heterocycles. The SMILES string of the molecule is CN(C(=O)Oc1ccc(F)cc1)[C@@H]1CNC[C@@]1(C)c1cc(F)c(Cl)cc1C(=O)C1CCNC(c2ccccn2)C1. The fraction of sp³-hybridized carbons (Fsp3) is 0.367. The Morgan fingerprint density at radius 3 is 2.65 bits per heavy atom. The normalized spacial score (nSPS) is 24.5. The van der Waals surface area contributed by atoms with Crippen molar-refractivity contribution >= 4 is 23.5 Å². The highest BCUT2D eigenvalue weighted by atomic mass is 35.5. The molecule has 5 rings (SSSR count). The summed E-state index contributed by atoms with van der Waals surface area (Å²) in [6, 6.07) is 13.0. The van der Waals surface area contributed by atoms with Crippen molar-refractivity contribution in [1.29, 1.82) is 0 Å². The van der Waals surface area contributed by atoms with E-state index in [0.29, 0.717) is 43.6 Å². The van der Waals surface area contributed by atoms with Gasteiger partial charge >= 0.3 is 6.09 Å². The molecule has 0 aliphatic carbocycles. The summed E-state index contributed by atoms with van der Waals surface area (Å²) in [6.07, 6.45) is 2.25. The van der Waals surface area contributed by atoms with Gasteiger partial charge in [-0.2, -0.15) is 0 Å². The van der Waals surface area contributed by atoms with E-state index in [1.165, 1.54) is 41.3 Å². The molecule has 3 aromatic rings. The van der Waals surface area contributed by atoms with E-state index < -0.39 is 29.2 Å². The average molecular weight is 569 g/mol. The lowest BCUT2D eigenvalue weighted by molar-refractivity contribution is 0.0873. The van der Waals surface area contributed by atoms with Crippen molar-refractivity contribution in [2.75, 3.05) is 26.7 Å². The quantitative estimate of drug-likeness (QED) is 0.393. The summed E-state index contributed by atoms with van der Waals surface area (Å²) in [4.78, 5) is 33.0. The fourth-order valence-corrected chi connectivity index (χ4v) is 6.02. The number of pyridine rings is 1. The van der Waals surface area contributed by atoms with Gasteiger partial charge in [0.25, 0.3) is 0 Å². The zero-order valence-electron chi connectivity index (χ0n) is 22.3. The van der Waals surface area contributed by atoms with Crippen molar-refractivity contribution in [3.63, 3.8) is 0 Å². The minimum Gasteiger partial charge on any atom is -0.410 e. The molecule has 0 spiro atoms. The monoisotopic (exact) mass is 568 g/mol. The second-order valence-corrected chi connectivity index (χ2v) is 11.1. The van der Waals surface area contributed by atoms with Crippen molar-refractivity contribution in [3.8, 4) is 5.75 Å². The molecule has 2 N–H and O–H groups in total. The van der Waals surface area contributed by atoms with Crippen molar-refractivity contribution in [2.45, 2.75) is 37.3 Å². The second-order valence-electron chi connectivity index (χ2n) is 10.7. The van der Waals surface area contributed by atoms with Crippen LogP contribution >= 0.6 is 11.6 Å². The molecule has 1 aromatic heterocycles. The largest absolute Gasteiger partial charge is 0.415 e. The van der Waals surface area contributed by atoms with Crippen LogP contribution in [0.5, 0.6) is 5.75 Å². The van der Waals surface area contributed by atoms with E-state index in [0.717, 1.165) is 5.69 Å². The van der Waals surface area contributed by atoms with Crippen LogP contribution in [0.4, 0.5) is 13.6 Å². The van der Waals surface area contributed by atoms with Gasteiger partial charge in [0, 0.05) is 43.2 Å². The number of amides is 1. The first-order valence-electron chi connectivity index (χ1n) is 13.3. The first kappa shape index (κ1) is 28.1. The summed E-state index contributed by atoms with van der Waals surface area (Å²) in [5.41, 5.74) is 0.879. The number of rotatable bonds is 6. The molecule has 2 aromatic carbocycles. The Kier molecular flexibility index (Phi) is 8.16. The molecule has 0 bridgehead atoms. The summed E-state index contributed by atoms with van der Waals surface area (Å²) < 4.78 is 33.7. The van der Waals surface area contributed by atoms with E-state index in [2.05, 4.69) is 15.6 Å². The van der Waals surface area contributed by atoms with Crippen LogP contribution < -0.4 is 15.4 Å². The number of piperidine rings is 1. The predicted molar refractivity (Wildman–Crippen MR) is 148 cm³/mol. The summed E-state index contributed by atoms with van der Waals surface area (Å²) in [5.74, 6) is -1.29. The molecule has 0 radical (unpaired) electrons. The van der Waals surface area contributed by atoms with E-state index in [9.17, 15) is 18.4 Å². The van der Waals surface area contributed by atoms with Gasteiger partial charge in [-0.1, -0.05) is 24.6 Å². The van der Waals surface area contributed by atoms with E-state index in [4.69, 9.17) is 16.3 Å². The maximum atomic E-state index is 15.0. The van der Waals surface area contributed by atoms with Crippen LogP contribution in [0.15, 0.2) is 60.8 Å². The maximum Gasteiger partial charge on any atom is 0.415 e.